The van der Waals surface area contributed by atoms with Crippen molar-refractivity contribution in [1.29, 1.82) is 0 Å². The van der Waals surface area contributed by atoms with Gasteiger partial charge in [-0.25, -0.2) is 4.79 Å². The van der Waals surface area contributed by atoms with Crippen molar-refractivity contribution in [3.63, 3.8) is 0 Å². The highest BCUT2D eigenvalue weighted by Crippen LogP contribution is 2.14. The molecule has 1 aromatic carbocycles. The van der Waals surface area contributed by atoms with Crippen LogP contribution in [-0.4, -0.2) is 31.7 Å². The fourth-order valence-corrected chi connectivity index (χ4v) is 1.61. The van der Waals surface area contributed by atoms with Gasteiger partial charge >= 0.3 is 11.9 Å². The van der Waals surface area contributed by atoms with Gasteiger partial charge in [0.05, 0.1) is 19.8 Å². The first-order valence-corrected chi connectivity index (χ1v) is 6.29. The molecule has 104 valence electrons. The zero-order valence-corrected chi connectivity index (χ0v) is 11.2. The zero-order chi connectivity index (χ0) is 14.1. The molecule has 1 aromatic rings. The molecule has 5 nitrogen and oxygen atoms in total. The summed E-state index contributed by atoms with van der Waals surface area (Å²) in [5, 5.41) is 2.86. The highest BCUT2D eigenvalue weighted by molar-refractivity contribution is 5.79. The van der Waals surface area contributed by atoms with Gasteiger partial charge in [-0.2, -0.15) is 0 Å². The molecule has 0 spiro atoms. The maximum Gasteiger partial charge on any atom is 0.327 e. The second-order valence-electron chi connectivity index (χ2n) is 3.78. The summed E-state index contributed by atoms with van der Waals surface area (Å²) in [6.45, 7) is 4.05. The van der Waals surface area contributed by atoms with Crippen LogP contribution in [-0.2, 0) is 19.1 Å². The number of ether oxygens (including phenoxy) is 2. The van der Waals surface area contributed by atoms with Gasteiger partial charge in [0, 0.05) is 0 Å². The van der Waals surface area contributed by atoms with E-state index in [1.165, 1.54) is 0 Å². The van der Waals surface area contributed by atoms with Gasteiger partial charge in [0.2, 0.25) is 0 Å². The third-order valence-corrected chi connectivity index (χ3v) is 2.41. The second-order valence-corrected chi connectivity index (χ2v) is 3.78. The van der Waals surface area contributed by atoms with Crippen molar-refractivity contribution in [1.82, 2.24) is 5.32 Å². The number of carbonyl (C=O) groups excluding carboxylic acids is 2. The normalized spacial score (nSPS) is 11.7. The van der Waals surface area contributed by atoms with Crippen molar-refractivity contribution >= 4 is 11.9 Å². The molecule has 0 fully saturated rings. The van der Waals surface area contributed by atoms with Gasteiger partial charge in [0.15, 0.2) is 0 Å². The molecular weight excluding hydrogens is 246 g/mol. The predicted molar refractivity (Wildman–Crippen MR) is 70.5 cm³/mol. The van der Waals surface area contributed by atoms with Crippen LogP contribution in [0.5, 0.6) is 0 Å². The molecule has 0 radical (unpaired) electrons. The minimum absolute atomic E-state index is 0.0355. The Morgan fingerprint density at radius 2 is 1.74 bits per heavy atom. The molecule has 0 aromatic heterocycles. The Labute approximate surface area is 112 Å². The Morgan fingerprint density at radius 1 is 1.11 bits per heavy atom. The maximum absolute atomic E-state index is 11.9. The van der Waals surface area contributed by atoms with Crippen molar-refractivity contribution in [2.75, 3.05) is 19.8 Å². The van der Waals surface area contributed by atoms with E-state index in [1.54, 1.807) is 26.0 Å². The Bertz CT molecular complexity index is 405. The van der Waals surface area contributed by atoms with E-state index in [2.05, 4.69) is 5.32 Å². The van der Waals surface area contributed by atoms with E-state index in [0.29, 0.717) is 13.2 Å². The van der Waals surface area contributed by atoms with E-state index < -0.39 is 18.0 Å². The monoisotopic (exact) mass is 265 g/mol. The Balaban J connectivity index is 2.70. The summed E-state index contributed by atoms with van der Waals surface area (Å²) in [6.07, 6.45) is 0. The lowest BCUT2D eigenvalue weighted by atomic mass is 10.1. The quantitative estimate of drug-likeness (QED) is 0.756. The van der Waals surface area contributed by atoms with Crippen LogP contribution in [0, 0.1) is 0 Å². The molecule has 0 aliphatic heterocycles. The largest absolute Gasteiger partial charge is 0.465 e. The van der Waals surface area contributed by atoms with E-state index in [4.69, 9.17) is 9.47 Å². The minimum Gasteiger partial charge on any atom is -0.465 e. The van der Waals surface area contributed by atoms with Crippen LogP contribution in [0.2, 0.25) is 0 Å². The summed E-state index contributed by atoms with van der Waals surface area (Å²) in [5.74, 6) is -0.800. The molecule has 1 unspecified atom stereocenters. The summed E-state index contributed by atoms with van der Waals surface area (Å²) >= 11 is 0. The first kappa shape index (κ1) is 15.2. The second kappa shape index (κ2) is 8.26. The summed E-state index contributed by atoms with van der Waals surface area (Å²) in [6, 6.07) is 8.46. The molecule has 0 bridgehead atoms. The van der Waals surface area contributed by atoms with Crippen LogP contribution in [0.15, 0.2) is 30.3 Å². The zero-order valence-electron chi connectivity index (χ0n) is 11.2. The van der Waals surface area contributed by atoms with Crippen LogP contribution < -0.4 is 5.32 Å². The minimum atomic E-state index is -0.662. The fraction of sp³-hybridized carbons (Fsp3) is 0.429. The molecule has 1 rings (SSSR count). The molecule has 5 heteroatoms. The molecule has 1 atom stereocenters. The smallest absolute Gasteiger partial charge is 0.327 e. The van der Waals surface area contributed by atoms with E-state index in [0.717, 1.165) is 5.56 Å². The van der Waals surface area contributed by atoms with E-state index in [9.17, 15) is 9.59 Å². The van der Waals surface area contributed by atoms with Crippen molar-refractivity contribution in [3.8, 4) is 0 Å². The molecule has 0 saturated carbocycles. The Kier molecular flexibility index (Phi) is 6.60. The predicted octanol–water partition coefficient (Wildman–Crippen LogP) is 1.44. The molecule has 0 aliphatic rings. The first-order chi connectivity index (χ1) is 9.19. The van der Waals surface area contributed by atoms with Crippen molar-refractivity contribution < 1.29 is 19.1 Å². The third kappa shape index (κ3) is 5.09. The molecule has 0 heterocycles. The van der Waals surface area contributed by atoms with Gasteiger partial charge in [-0.1, -0.05) is 30.3 Å². The number of hydrogen-bond acceptors (Lipinski definition) is 5. The lowest BCUT2D eigenvalue weighted by molar-refractivity contribution is -0.146. The number of esters is 2. The van der Waals surface area contributed by atoms with Gasteiger partial charge in [-0.3, -0.25) is 10.1 Å². The number of hydrogen-bond donors (Lipinski definition) is 1. The highest BCUT2D eigenvalue weighted by atomic mass is 16.5. The Morgan fingerprint density at radius 3 is 2.32 bits per heavy atom. The molecular formula is C14H19NO4. The van der Waals surface area contributed by atoms with Crippen molar-refractivity contribution in [3.05, 3.63) is 35.9 Å². The van der Waals surface area contributed by atoms with Gasteiger partial charge in [-0.05, 0) is 19.4 Å². The molecule has 0 saturated heterocycles. The topological polar surface area (TPSA) is 64.6 Å². The van der Waals surface area contributed by atoms with Crippen molar-refractivity contribution in [2.45, 2.75) is 19.9 Å². The average Bonchev–Trinajstić information content (AvgIpc) is 2.41. The molecule has 0 aliphatic carbocycles. The average molecular weight is 265 g/mol. The van der Waals surface area contributed by atoms with Gasteiger partial charge in [0.1, 0.15) is 6.04 Å². The van der Waals surface area contributed by atoms with Gasteiger partial charge in [0.25, 0.3) is 0 Å². The standard InChI is InChI=1S/C14H19NO4/c1-3-18-12(16)10-15-13(14(17)19-4-2)11-8-6-5-7-9-11/h5-9,13,15H,3-4,10H2,1-2H3. The summed E-state index contributed by atoms with van der Waals surface area (Å²) in [4.78, 5) is 23.2. The van der Waals surface area contributed by atoms with Gasteiger partial charge in [-0.15, -0.1) is 0 Å². The van der Waals surface area contributed by atoms with E-state index in [1.807, 2.05) is 18.2 Å². The molecule has 19 heavy (non-hydrogen) atoms. The summed E-state index contributed by atoms with van der Waals surface area (Å²) in [7, 11) is 0. The lowest BCUT2D eigenvalue weighted by Crippen LogP contribution is -2.34. The van der Waals surface area contributed by atoms with E-state index in [-0.39, 0.29) is 6.54 Å². The highest BCUT2D eigenvalue weighted by Gasteiger charge is 2.22. The van der Waals surface area contributed by atoms with Gasteiger partial charge < -0.3 is 9.47 Å². The Hall–Kier alpha value is -1.88. The third-order valence-electron chi connectivity index (χ3n) is 2.41. The first-order valence-electron chi connectivity index (χ1n) is 6.29. The van der Waals surface area contributed by atoms with Crippen LogP contribution in [0.4, 0.5) is 0 Å². The number of rotatable bonds is 7. The molecule has 0 amide bonds. The van der Waals surface area contributed by atoms with Crippen LogP contribution >= 0.6 is 0 Å². The van der Waals surface area contributed by atoms with Crippen LogP contribution in [0.1, 0.15) is 25.5 Å². The number of carbonyl (C=O) groups is 2. The maximum atomic E-state index is 11.9. The van der Waals surface area contributed by atoms with Crippen LogP contribution in [0.3, 0.4) is 0 Å². The molecule has 1 N–H and O–H groups in total. The number of nitrogens with one attached hydrogen (secondary N) is 1. The fourth-order valence-electron chi connectivity index (χ4n) is 1.61. The number of benzene rings is 1. The SMILES string of the molecule is CCOC(=O)CNC(C(=O)OCC)c1ccccc1. The summed E-state index contributed by atoms with van der Waals surface area (Å²) < 4.78 is 9.81. The van der Waals surface area contributed by atoms with E-state index >= 15 is 0 Å². The van der Waals surface area contributed by atoms with Crippen LogP contribution in [0.25, 0.3) is 0 Å². The lowest BCUT2D eigenvalue weighted by Gasteiger charge is -2.17. The van der Waals surface area contributed by atoms with Crippen molar-refractivity contribution in [2.24, 2.45) is 0 Å². The summed E-state index contributed by atoms with van der Waals surface area (Å²) in [5.41, 5.74) is 0.755.